The Morgan fingerprint density at radius 2 is 1.81 bits per heavy atom. The summed E-state index contributed by atoms with van der Waals surface area (Å²) in [6.45, 7) is 2.05. The van der Waals surface area contributed by atoms with Crippen molar-refractivity contribution in [3.63, 3.8) is 0 Å². The SMILES string of the molecule is Cc1ccc(-c2cc(-c3ccco3)c3c(N)c(C(=O)Nc4ccccc4)sc3n2)cc1. The van der Waals surface area contributed by atoms with Crippen LogP contribution in [-0.2, 0) is 0 Å². The number of aryl methyl sites for hydroxylation is 1. The highest BCUT2D eigenvalue weighted by Crippen LogP contribution is 2.41. The number of fused-ring (bicyclic) bond motifs is 1. The van der Waals surface area contributed by atoms with Crippen LogP contribution in [0.4, 0.5) is 11.4 Å². The first-order valence-electron chi connectivity index (χ1n) is 9.80. The average molecular weight is 426 g/mol. The summed E-state index contributed by atoms with van der Waals surface area (Å²) in [5.41, 5.74) is 11.4. The van der Waals surface area contributed by atoms with E-state index in [4.69, 9.17) is 15.1 Å². The van der Waals surface area contributed by atoms with Crippen molar-refractivity contribution < 1.29 is 9.21 Å². The summed E-state index contributed by atoms with van der Waals surface area (Å²) < 4.78 is 5.68. The molecule has 0 saturated carbocycles. The summed E-state index contributed by atoms with van der Waals surface area (Å²) in [6, 6.07) is 23.2. The van der Waals surface area contributed by atoms with Crippen LogP contribution in [0.5, 0.6) is 0 Å². The van der Waals surface area contributed by atoms with Crippen LogP contribution in [0.3, 0.4) is 0 Å². The van der Waals surface area contributed by atoms with Gasteiger partial charge in [0.1, 0.15) is 15.5 Å². The fourth-order valence-electron chi connectivity index (χ4n) is 3.50. The Morgan fingerprint density at radius 1 is 1.03 bits per heavy atom. The molecule has 0 atom stereocenters. The van der Waals surface area contributed by atoms with Crippen molar-refractivity contribution in [1.29, 1.82) is 0 Å². The molecule has 0 aliphatic rings. The number of anilines is 2. The van der Waals surface area contributed by atoms with Gasteiger partial charge in [0.05, 0.1) is 17.6 Å². The number of carbonyl (C=O) groups excluding carboxylic acids is 1. The number of para-hydroxylation sites is 1. The number of hydrogen-bond acceptors (Lipinski definition) is 5. The molecule has 0 spiro atoms. The normalized spacial score (nSPS) is 11.0. The average Bonchev–Trinajstić information content (AvgIpc) is 3.43. The van der Waals surface area contributed by atoms with Gasteiger partial charge < -0.3 is 15.5 Å². The molecule has 6 heteroatoms. The molecule has 31 heavy (non-hydrogen) atoms. The van der Waals surface area contributed by atoms with Crippen LogP contribution in [0.15, 0.2) is 83.5 Å². The minimum absolute atomic E-state index is 0.256. The first kappa shape index (κ1) is 19.1. The maximum Gasteiger partial charge on any atom is 0.267 e. The highest BCUT2D eigenvalue weighted by molar-refractivity contribution is 7.21. The number of benzene rings is 2. The van der Waals surface area contributed by atoms with E-state index in [9.17, 15) is 4.79 Å². The molecule has 5 rings (SSSR count). The fourth-order valence-corrected chi connectivity index (χ4v) is 4.51. The quantitative estimate of drug-likeness (QED) is 0.351. The first-order chi connectivity index (χ1) is 15.1. The number of pyridine rings is 1. The number of thiophene rings is 1. The molecular formula is C25H19N3O2S. The Morgan fingerprint density at radius 3 is 2.52 bits per heavy atom. The second kappa shape index (κ2) is 7.74. The fraction of sp³-hybridized carbons (Fsp3) is 0.0400. The topological polar surface area (TPSA) is 81.1 Å². The summed E-state index contributed by atoms with van der Waals surface area (Å²) in [4.78, 5) is 18.9. The van der Waals surface area contributed by atoms with Crippen molar-refractivity contribution in [2.75, 3.05) is 11.1 Å². The molecule has 3 heterocycles. The molecule has 0 saturated heterocycles. The van der Waals surface area contributed by atoms with Gasteiger partial charge in [-0.25, -0.2) is 4.98 Å². The van der Waals surface area contributed by atoms with Gasteiger partial charge in [-0.1, -0.05) is 48.0 Å². The number of nitrogens with zero attached hydrogens (tertiary/aromatic N) is 1. The van der Waals surface area contributed by atoms with Gasteiger partial charge in [-0.2, -0.15) is 0 Å². The Balaban J connectivity index is 1.67. The number of nitrogen functional groups attached to an aromatic ring is 1. The van der Waals surface area contributed by atoms with Gasteiger partial charge in [-0.05, 0) is 37.3 Å². The molecule has 152 valence electrons. The molecule has 5 aromatic rings. The molecule has 0 aliphatic heterocycles. The van der Waals surface area contributed by atoms with Crippen LogP contribution in [0.2, 0.25) is 0 Å². The van der Waals surface area contributed by atoms with Crippen molar-refractivity contribution in [3.8, 4) is 22.6 Å². The number of amides is 1. The number of aromatic nitrogens is 1. The molecule has 5 nitrogen and oxygen atoms in total. The maximum atomic E-state index is 13.0. The first-order valence-corrected chi connectivity index (χ1v) is 10.6. The lowest BCUT2D eigenvalue weighted by molar-refractivity contribution is 0.103. The van der Waals surface area contributed by atoms with Crippen LogP contribution in [0.1, 0.15) is 15.2 Å². The van der Waals surface area contributed by atoms with E-state index in [1.165, 1.54) is 16.9 Å². The molecular weight excluding hydrogens is 406 g/mol. The summed E-state index contributed by atoms with van der Waals surface area (Å²) >= 11 is 1.28. The molecule has 2 aromatic carbocycles. The third kappa shape index (κ3) is 3.58. The minimum atomic E-state index is -0.256. The van der Waals surface area contributed by atoms with E-state index in [-0.39, 0.29) is 5.91 Å². The Bertz CT molecular complexity index is 1370. The molecule has 0 bridgehead atoms. The third-order valence-corrected chi connectivity index (χ3v) is 6.17. The van der Waals surface area contributed by atoms with E-state index in [1.54, 1.807) is 6.26 Å². The van der Waals surface area contributed by atoms with Gasteiger partial charge in [-0.3, -0.25) is 4.79 Å². The van der Waals surface area contributed by atoms with E-state index < -0.39 is 0 Å². The van der Waals surface area contributed by atoms with E-state index >= 15 is 0 Å². The highest BCUT2D eigenvalue weighted by Gasteiger charge is 2.22. The van der Waals surface area contributed by atoms with Crippen LogP contribution in [0, 0.1) is 6.92 Å². The monoisotopic (exact) mass is 425 g/mol. The van der Waals surface area contributed by atoms with E-state index in [1.807, 2.05) is 67.6 Å². The smallest absolute Gasteiger partial charge is 0.267 e. The zero-order valence-corrected chi connectivity index (χ0v) is 17.6. The number of rotatable bonds is 4. The predicted octanol–water partition coefficient (Wildman–Crippen LogP) is 6.37. The van der Waals surface area contributed by atoms with E-state index in [2.05, 4.69) is 17.4 Å². The maximum absolute atomic E-state index is 13.0. The zero-order chi connectivity index (χ0) is 21.4. The Kier molecular flexibility index (Phi) is 4.76. The second-order valence-corrected chi connectivity index (χ2v) is 8.24. The molecule has 0 unspecified atom stereocenters. The number of hydrogen-bond donors (Lipinski definition) is 2. The molecule has 0 aliphatic carbocycles. The highest BCUT2D eigenvalue weighted by atomic mass is 32.1. The summed E-state index contributed by atoms with van der Waals surface area (Å²) in [5.74, 6) is 0.425. The number of furan rings is 1. The molecule has 1 amide bonds. The van der Waals surface area contributed by atoms with Gasteiger partial charge in [0.15, 0.2) is 0 Å². The minimum Gasteiger partial charge on any atom is -0.464 e. The Hall–Kier alpha value is -3.90. The van der Waals surface area contributed by atoms with Gasteiger partial charge in [0.25, 0.3) is 5.91 Å². The standard InChI is InChI=1S/C25H19N3O2S/c1-15-9-11-16(12-10-15)19-14-18(20-8-5-13-30-20)21-22(26)23(31-25(21)28-19)24(29)27-17-6-3-2-4-7-17/h2-14H,26H2,1H3,(H,27,29). The largest absolute Gasteiger partial charge is 0.464 e. The van der Waals surface area contributed by atoms with Gasteiger partial charge >= 0.3 is 0 Å². The van der Waals surface area contributed by atoms with Gasteiger partial charge in [0, 0.05) is 22.2 Å². The van der Waals surface area contributed by atoms with Crippen LogP contribution in [0.25, 0.3) is 32.8 Å². The van der Waals surface area contributed by atoms with Crippen molar-refractivity contribution in [2.24, 2.45) is 0 Å². The third-order valence-electron chi connectivity index (χ3n) is 5.07. The predicted molar refractivity (Wildman–Crippen MR) is 126 cm³/mol. The number of carbonyl (C=O) groups is 1. The summed E-state index contributed by atoms with van der Waals surface area (Å²) in [6.07, 6.45) is 1.62. The second-order valence-electron chi connectivity index (χ2n) is 7.24. The van der Waals surface area contributed by atoms with Crippen molar-refractivity contribution in [3.05, 3.63) is 89.5 Å². The van der Waals surface area contributed by atoms with E-state index in [0.29, 0.717) is 26.8 Å². The van der Waals surface area contributed by atoms with Crippen LogP contribution in [-0.4, -0.2) is 10.9 Å². The number of nitrogens with one attached hydrogen (secondary N) is 1. The van der Waals surface area contributed by atoms with E-state index in [0.717, 1.165) is 22.2 Å². The van der Waals surface area contributed by atoms with Gasteiger partial charge in [0.2, 0.25) is 0 Å². The number of nitrogens with two attached hydrogens (primary N) is 1. The van der Waals surface area contributed by atoms with Crippen molar-refractivity contribution in [1.82, 2.24) is 4.98 Å². The van der Waals surface area contributed by atoms with Gasteiger partial charge in [-0.15, -0.1) is 11.3 Å². The molecule has 3 aromatic heterocycles. The van der Waals surface area contributed by atoms with Crippen LogP contribution >= 0.6 is 11.3 Å². The molecule has 0 fully saturated rings. The summed E-state index contributed by atoms with van der Waals surface area (Å²) in [5, 5.41) is 3.64. The zero-order valence-electron chi connectivity index (χ0n) is 16.8. The molecule has 0 radical (unpaired) electrons. The molecule has 3 N–H and O–H groups in total. The lowest BCUT2D eigenvalue weighted by atomic mass is 10.0. The Labute approximate surface area is 183 Å². The lowest BCUT2D eigenvalue weighted by Crippen LogP contribution is -2.11. The lowest BCUT2D eigenvalue weighted by Gasteiger charge is -2.07. The van der Waals surface area contributed by atoms with Crippen molar-refractivity contribution >= 4 is 38.8 Å². The van der Waals surface area contributed by atoms with Crippen LogP contribution < -0.4 is 11.1 Å². The van der Waals surface area contributed by atoms with Crippen molar-refractivity contribution in [2.45, 2.75) is 6.92 Å². The summed E-state index contributed by atoms with van der Waals surface area (Å²) in [7, 11) is 0.